The van der Waals surface area contributed by atoms with Crippen molar-refractivity contribution in [3.63, 3.8) is 0 Å². The van der Waals surface area contributed by atoms with E-state index >= 15 is 0 Å². The summed E-state index contributed by atoms with van der Waals surface area (Å²) in [6.07, 6.45) is 3.55. The van der Waals surface area contributed by atoms with Crippen LogP contribution in [0, 0.1) is 10.8 Å². The fourth-order valence-electron chi connectivity index (χ4n) is 6.35. The number of ether oxygens (including phenoxy) is 1. The molecule has 1 saturated heterocycles. The number of aromatic hydroxyl groups is 1. The van der Waals surface area contributed by atoms with Gasteiger partial charge in [-0.2, -0.15) is 0 Å². The van der Waals surface area contributed by atoms with Crippen LogP contribution in [0.3, 0.4) is 0 Å². The molecule has 184 valence electrons. The van der Waals surface area contributed by atoms with E-state index < -0.39 is 5.91 Å². The molecule has 2 fully saturated rings. The van der Waals surface area contributed by atoms with Gasteiger partial charge in [0.15, 0.2) is 5.69 Å². The number of methoxy groups -OCH3 is 1. The number of likely N-dealkylation sites (tertiary alicyclic amines) is 1. The first kappa shape index (κ1) is 24.0. The lowest BCUT2D eigenvalue weighted by molar-refractivity contribution is 0.0995. The van der Waals surface area contributed by atoms with Crippen LogP contribution in [-0.4, -0.2) is 40.2 Å². The van der Waals surface area contributed by atoms with E-state index in [1.54, 1.807) is 31.4 Å². The van der Waals surface area contributed by atoms with Gasteiger partial charge in [0, 0.05) is 28.0 Å². The summed E-state index contributed by atoms with van der Waals surface area (Å²) in [5.74, 6) is 0.203. The third-order valence-electron chi connectivity index (χ3n) is 7.40. The molecule has 1 aliphatic heterocycles. The molecule has 1 aliphatic carbocycles. The number of rotatable bonds is 5. The van der Waals surface area contributed by atoms with Crippen molar-refractivity contribution < 1.29 is 14.6 Å². The number of carbonyl (C=O) groups excluding carboxylic acids is 1. The Morgan fingerprint density at radius 3 is 2.63 bits per heavy atom. The Labute approximate surface area is 213 Å². The second-order valence-corrected chi connectivity index (χ2v) is 12.0. The summed E-state index contributed by atoms with van der Waals surface area (Å²) in [6.45, 7) is 8.68. The maximum absolute atomic E-state index is 12.6. The maximum atomic E-state index is 12.6. The molecule has 2 atom stereocenters. The SMILES string of the molecule is COc1ccc(C(=O)N=Nc2c(O)n(CN3C[C@@]4(C)C[C@H]3CC(C)(C)C4)c3ccc(Br)cc23)cc1. The Balaban J connectivity index is 1.47. The summed E-state index contributed by atoms with van der Waals surface area (Å²) >= 11 is 3.52. The van der Waals surface area contributed by atoms with E-state index in [-0.39, 0.29) is 5.88 Å². The van der Waals surface area contributed by atoms with Crippen LogP contribution in [0.25, 0.3) is 10.9 Å². The highest BCUT2D eigenvalue weighted by Gasteiger charge is 2.49. The van der Waals surface area contributed by atoms with Gasteiger partial charge in [-0.15, -0.1) is 10.2 Å². The van der Waals surface area contributed by atoms with Crippen LogP contribution in [0.2, 0.25) is 0 Å². The van der Waals surface area contributed by atoms with E-state index in [9.17, 15) is 9.90 Å². The van der Waals surface area contributed by atoms with Gasteiger partial charge in [0.1, 0.15) is 5.75 Å². The number of azo groups is 1. The van der Waals surface area contributed by atoms with Crippen molar-refractivity contribution in [2.24, 2.45) is 21.1 Å². The van der Waals surface area contributed by atoms with Crippen molar-refractivity contribution in [2.45, 2.75) is 52.7 Å². The van der Waals surface area contributed by atoms with E-state index in [0.717, 1.165) is 28.3 Å². The number of carbonyl (C=O) groups is 1. The van der Waals surface area contributed by atoms with Gasteiger partial charge in [0.2, 0.25) is 5.88 Å². The standard InChI is InChI=1S/C27H31BrN4O3/c1-26(2)12-19-13-27(3,14-26)15-31(19)16-32-22-10-7-18(28)11-21(22)23(25(32)34)29-30-24(33)17-5-8-20(35-4)9-6-17/h5-11,19,34H,12-16H2,1-4H3/t19-,27+/m1/s1. The lowest BCUT2D eigenvalue weighted by atomic mass is 9.65. The molecule has 35 heavy (non-hydrogen) atoms. The number of amides is 1. The van der Waals surface area contributed by atoms with Crippen LogP contribution >= 0.6 is 15.9 Å². The fourth-order valence-corrected chi connectivity index (χ4v) is 6.71. The van der Waals surface area contributed by atoms with Crippen molar-refractivity contribution in [3.05, 3.63) is 52.5 Å². The Kier molecular flexibility index (Phi) is 6.00. The molecular weight excluding hydrogens is 508 g/mol. The highest BCUT2D eigenvalue weighted by atomic mass is 79.9. The minimum Gasteiger partial charge on any atom is -0.497 e. The second-order valence-electron chi connectivity index (χ2n) is 11.1. The molecule has 1 aromatic heterocycles. The van der Waals surface area contributed by atoms with Crippen LogP contribution in [-0.2, 0) is 6.67 Å². The van der Waals surface area contributed by atoms with Gasteiger partial charge in [-0.25, -0.2) is 0 Å². The zero-order chi connectivity index (χ0) is 25.0. The molecule has 2 bridgehead atoms. The number of benzene rings is 2. The predicted molar refractivity (Wildman–Crippen MR) is 139 cm³/mol. The van der Waals surface area contributed by atoms with Gasteiger partial charge < -0.3 is 9.84 Å². The number of fused-ring (bicyclic) bond motifs is 3. The summed E-state index contributed by atoms with van der Waals surface area (Å²) in [5.41, 5.74) is 2.18. The van der Waals surface area contributed by atoms with Crippen molar-refractivity contribution >= 4 is 38.4 Å². The van der Waals surface area contributed by atoms with E-state index in [1.807, 2.05) is 22.8 Å². The third-order valence-corrected chi connectivity index (χ3v) is 7.89. The van der Waals surface area contributed by atoms with Gasteiger partial charge in [-0.05, 0) is 72.6 Å². The molecule has 1 saturated carbocycles. The van der Waals surface area contributed by atoms with Gasteiger partial charge in [0.05, 0.1) is 19.3 Å². The topological polar surface area (TPSA) is 79.4 Å². The summed E-state index contributed by atoms with van der Waals surface area (Å²) < 4.78 is 7.91. The molecule has 2 aliphatic rings. The molecule has 3 aromatic rings. The molecule has 0 unspecified atom stereocenters. The number of aromatic nitrogens is 1. The number of nitrogens with zero attached hydrogens (tertiary/aromatic N) is 4. The first-order valence-corrected chi connectivity index (χ1v) is 12.7. The largest absolute Gasteiger partial charge is 0.497 e. The Morgan fingerprint density at radius 2 is 1.91 bits per heavy atom. The van der Waals surface area contributed by atoms with E-state index in [1.165, 1.54) is 12.8 Å². The lowest BCUT2D eigenvalue weighted by Gasteiger charge is -2.40. The first-order chi connectivity index (χ1) is 16.6. The molecule has 2 heterocycles. The minimum absolute atomic E-state index is 0.0234. The summed E-state index contributed by atoms with van der Waals surface area (Å²) in [6, 6.07) is 13.0. The molecule has 7 nitrogen and oxygen atoms in total. The quantitative estimate of drug-likeness (QED) is 0.358. The molecule has 5 rings (SSSR count). The Hall–Kier alpha value is -2.71. The van der Waals surface area contributed by atoms with Gasteiger partial charge >= 0.3 is 0 Å². The summed E-state index contributed by atoms with van der Waals surface area (Å²) in [5, 5.41) is 20.2. The summed E-state index contributed by atoms with van der Waals surface area (Å²) in [4.78, 5) is 15.1. The second kappa shape index (κ2) is 8.75. The highest BCUT2D eigenvalue weighted by Crippen LogP contribution is 2.53. The van der Waals surface area contributed by atoms with Crippen LogP contribution in [0.5, 0.6) is 11.6 Å². The maximum Gasteiger partial charge on any atom is 0.295 e. The van der Waals surface area contributed by atoms with Crippen molar-refractivity contribution in [3.8, 4) is 11.6 Å². The van der Waals surface area contributed by atoms with Gasteiger partial charge in [0.25, 0.3) is 5.91 Å². The predicted octanol–water partition coefficient (Wildman–Crippen LogP) is 6.90. The molecule has 8 heteroatoms. The molecule has 1 amide bonds. The highest BCUT2D eigenvalue weighted by molar-refractivity contribution is 9.10. The third kappa shape index (κ3) is 4.61. The van der Waals surface area contributed by atoms with Crippen LogP contribution < -0.4 is 4.74 Å². The Bertz CT molecular complexity index is 1310. The van der Waals surface area contributed by atoms with Crippen molar-refractivity contribution in [2.75, 3.05) is 13.7 Å². The molecule has 2 aromatic carbocycles. The molecular formula is C27H31BrN4O3. The molecule has 0 spiro atoms. The zero-order valence-electron chi connectivity index (χ0n) is 20.6. The lowest BCUT2D eigenvalue weighted by Crippen LogP contribution is -2.35. The number of hydrogen-bond donors (Lipinski definition) is 1. The van der Waals surface area contributed by atoms with E-state index in [2.05, 4.69) is 51.8 Å². The number of hydrogen-bond acceptors (Lipinski definition) is 5. The summed E-state index contributed by atoms with van der Waals surface area (Å²) in [7, 11) is 1.57. The number of halogens is 1. The fraction of sp³-hybridized carbons (Fsp3) is 0.444. The van der Waals surface area contributed by atoms with E-state index in [4.69, 9.17) is 4.74 Å². The zero-order valence-corrected chi connectivity index (χ0v) is 22.2. The minimum atomic E-state index is -0.480. The molecule has 1 N–H and O–H groups in total. The average Bonchev–Trinajstić information content (AvgIpc) is 3.19. The van der Waals surface area contributed by atoms with E-state index in [0.29, 0.717) is 40.5 Å². The molecule has 0 radical (unpaired) electrons. The first-order valence-electron chi connectivity index (χ1n) is 11.9. The van der Waals surface area contributed by atoms with Crippen molar-refractivity contribution in [1.82, 2.24) is 9.47 Å². The smallest absolute Gasteiger partial charge is 0.295 e. The van der Waals surface area contributed by atoms with Crippen LogP contribution in [0.15, 0.2) is 57.2 Å². The average molecular weight is 539 g/mol. The van der Waals surface area contributed by atoms with Crippen LogP contribution in [0.4, 0.5) is 5.69 Å². The monoisotopic (exact) mass is 538 g/mol. The van der Waals surface area contributed by atoms with Gasteiger partial charge in [-0.1, -0.05) is 36.7 Å². The Morgan fingerprint density at radius 1 is 1.17 bits per heavy atom. The van der Waals surface area contributed by atoms with Crippen molar-refractivity contribution in [1.29, 1.82) is 0 Å². The van der Waals surface area contributed by atoms with Gasteiger partial charge in [-0.3, -0.25) is 14.3 Å². The van der Waals surface area contributed by atoms with Crippen LogP contribution in [0.1, 0.15) is 50.4 Å². The normalized spacial score (nSPS) is 23.9.